The third-order valence-electron chi connectivity index (χ3n) is 4.22. The van der Waals surface area contributed by atoms with Gasteiger partial charge >= 0.3 is 0 Å². The Balaban J connectivity index is 1.65. The molecule has 0 bridgehead atoms. The van der Waals surface area contributed by atoms with Crippen LogP contribution in [0, 0.1) is 17.8 Å². The molecule has 0 radical (unpaired) electrons. The van der Waals surface area contributed by atoms with Gasteiger partial charge in [0.2, 0.25) is 5.91 Å². The van der Waals surface area contributed by atoms with Gasteiger partial charge in [0.05, 0.1) is 0 Å². The minimum atomic E-state index is 0.268. The van der Waals surface area contributed by atoms with Crippen LogP contribution in [-0.2, 0) is 4.79 Å². The summed E-state index contributed by atoms with van der Waals surface area (Å²) < 4.78 is 0. The third kappa shape index (κ3) is 2.40. The quantitative estimate of drug-likeness (QED) is 0.698. The minimum Gasteiger partial charge on any atom is -0.396 e. The molecule has 0 spiro atoms. The molecule has 2 atom stereocenters. The summed E-state index contributed by atoms with van der Waals surface area (Å²) in [6, 6.07) is 0. The molecule has 2 unspecified atom stereocenters. The van der Waals surface area contributed by atoms with Gasteiger partial charge in [0, 0.05) is 26.1 Å². The summed E-state index contributed by atoms with van der Waals surface area (Å²) in [7, 11) is 1.93. The first-order valence-corrected chi connectivity index (χ1v) is 6.61. The molecule has 2 saturated carbocycles. The SMILES string of the molecule is CN(CCCCCO)C(=O)C1C2CCCC21. The largest absolute Gasteiger partial charge is 0.396 e. The fourth-order valence-electron chi connectivity index (χ4n) is 3.19. The summed E-state index contributed by atoms with van der Waals surface area (Å²) >= 11 is 0. The van der Waals surface area contributed by atoms with Gasteiger partial charge in [-0.2, -0.15) is 0 Å². The maximum Gasteiger partial charge on any atom is 0.226 e. The van der Waals surface area contributed by atoms with E-state index in [1.165, 1.54) is 19.3 Å². The summed E-state index contributed by atoms with van der Waals surface area (Å²) in [5.41, 5.74) is 0. The monoisotopic (exact) mass is 225 g/mol. The number of carbonyl (C=O) groups is 1. The van der Waals surface area contributed by atoms with Gasteiger partial charge in [-0.1, -0.05) is 6.42 Å². The van der Waals surface area contributed by atoms with Crippen LogP contribution in [0.25, 0.3) is 0 Å². The summed E-state index contributed by atoms with van der Waals surface area (Å²) in [5.74, 6) is 2.20. The Hall–Kier alpha value is -0.570. The normalized spacial score (nSPS) is 31.2. The Kier molecular flexibility index (Phi) is 3.85. The van der Waals surface area contributed by atoms with E-state index in [1.54, 1.807) is 0 Å². The highest BCUT2D eigenvalue weighted by atomic mass is 16.2. The summed E-state index contributed by atoms with van der Waals surface area (Å²) in [6.07, 6.45) is 6.78. The van der Waals surface area contributed by atoms with E-state index in [-0.39, 0.29) is 6.61 Å². The Bertz CT molecular complexity index is 244. The molecular formula is C13H23NO2. The minimum absolute atomic E-state index is 0.268. The first kappa shape index (κ1) is 11.9. The zero-order chi connectivity index (χ0) is 11.5. The Morgan fingerprint density at radius 3 is 2.56 bits per heavy atom. The maximum atomic E-state index is 12.1. The van der Waals surface area contributed by atoms with Crippen LogP contribution in [0.5, 0.6) is 0 Å². The average Bonchev–Trinajstić information content (AvgIpc) is 2.76. The molecule has 0 saturated heterocycles. The first-order chi connectivity index (χ1) is 7.75. The van der Waals surface area contributed by atoms with Crippen LogP contribution >= 0.6 is 0 Å². The summed E-state index contributed by atoms with van der Waals surface area (Å²) in [5, 5.41) is 8.67. The van der Waals surface area contributed by atoms with E-state index >= 15 is 0 Å². The van der Waals surface area contributed by atoms with E-state index < -0.39 is 0 Å². The number of hydrogen-bond acceptors (Lipinski definition) is 2. The lowest BCUT2D eigenvalue weighted by molar-refractivity contribution is -0.132. The number of amides is 1. The number of carbonyl (C=O) groups excluding carboxylic acids is 1. The molecule has 2 aliphatic carbocycles. The molecule has 3 heteroatoms. The van der Waals surface area contributed by atoms with E-state index in [4.69, 9.17) is 5.11 Å². The predicted molar refractivity (Wildman–Crippen MR) is 62.9 cm³/mol. The highest BCUT2D eigenvalue weighted by molar-refractivity contribution is 5.82. The van der Waals surface area contributed by atoms with E-state index in [9.17, 15) is 4.79 Å². The van der Waals surface area contributed by atoms with Crippen LogP contribution in [0.3, 0.4) is 0 Å². The number of aliphatic hydroxyl groups excluding tert-OH is 1. The smallest absolute Gasteiger partial charge is 0.226 e. The van der Waals surface area contributed by atoms with Crippen LogP contribution < -0.4 is 0 Å². The van der Waals surface area contributed by atoms with Gasteiger partial charge in [0.1, 0.15) is 0 Å². The second kappa shape index (κ2) is 5.17. The van der Waals surface area contributed by atoms with Crippen molar-refractivity contribution in [1.29, 1.82) is 0 Å². The molecule has 2 aliphatic rings. The fraction of sp³-hybridized carbons (Fsp3) is 0.923. The predicted octanol–water partition coefficient (Wildman–Crippen LogP) is 1.65. The number of fused-ring (bicyclic) bond motifs is 1. The van der Waals surface area contributed by atoms with Crippen LogP contribution in [0.4, 0.5) is 0 Å². The molecule has 0 aromatic carbocycles. The molecular weight excluding hydrogens is 202 g/mol. The first-order valence-electron chi connectivity index (χ1n) is 6.61. The van der Waals surface area contributed by atoms with E-state index in [2.05, 4.69) is 0 Å². The Morgan fingerprint density at radius 2 is 1.94 bits per heavy atom. The van der Waals surface area contributed by atoms with E-state index in [0.717, 1.165) is 37.6 Å². The second-order valence-corrected chi connectivity index (χ2v) is 5.33. The summed E-state index contributed by atoms with van der Waals surface area (Å²) in [6.45, 7) is 1.12. The van der Waals surface area contributed by atoms with Crippen molar-refractivity contribution in [3.63, 3.8) is 0 Å². The van der Waals surface area contributed by atoms with Crippen LogP contribution in [-0.4, -0.2) is 36.1 Å². The summed E-state index contributed by atoms with van der Waals surface area (Å²) in [4.78, 5) is 14.0. The highest BCUT2D eigenvalue weighted by Gasteiger charge is 2.57. The number of rotatable bonds is 6. The van der Waals surface area contributed by atoms with Gasteiger partial charge in [0.25, 0.3) is 0 Å². The van der Waals surface area contributed by atoms with E-state index in [1.807, 2.05) is 11.9 Å². The molecule has 1 N–H and O–H groups in total. The molecule has 2 fully saturated rings. The zero-order valence-electron chi connectivity index (χ0n) is 10.2. The van der Waals surface area contributed by atoms with Gasteiger partial charge in [-0.3, -0.25) is 4.79 Å². The van der Waals surface area contributed by atoms with Crippen molar-refractivity contribution >= 4 is 5.91 Å². The lowest BCUT2D eigenvalue weighted by atomic mass is 10.1. The molecule has 2 rings (SSSR count). The molecule has 0 heterocycles. The topological polar surface area (TPSA) is 40.5 Å². The van der Waals surface area contributed by atoms with Gasteiger partial charge in [0.15, 0.2) is 0 Å². The number of unbranched alkanes of at least 4 members (excludes halogenated alkanes) is 2. The molecule has 1 amide bonds. The standard InChI is InChI=1S/C13H23NO2/c1-14(8-3-2-4-9-15)13(16)12-10-6-5-7-11(10)12/h10-12,15H,2-9H2,1H3. The average molecular weight is 225 g/mol. The van der Waals surface area contributed by atoms with Gasteiger partial charge in [-0.25, -0.2) is 0 Å². The van der Waals surface area contributed by atoms with Crippen LogP contribution in [0.1, 0.15) is 38.5 Å². The van der Waals surface area contributed by atoms with Gasteiger partial charge in [-0.15, -0.1) is 0 Å². The highest BCUT2D eigenvalue weighted by Crippen LogP contribution is 2.57. The molecule has 3 nitrogen and oxygen atoms in total. The Morgan fingerprint density at radius 1 is 1.25 bits per heavy atom. The van der Waals surface area contributed by atoms with Crippen LogP contribution in [0.15, 0.2) is 0 Å². The maximum absolute atomic E-state index is 12.1. The van der Waals surface area contributed by atoms with Crippen molar-refractivity contribution in [2.24, 2.45) is 17.8 Å². The van der Waals surface area contributed by atoms with E-state index in [0.29, 0.717) is 11.8 Å². The van der Waals surface area contributed by atoms with Crippen molar-refractivity contribution in [3.05, 3.63) is 0 Å². The Labute approximate surface area is 97.8 Å². The third-order valence-corrected chi connectivity index (χ3v) is 4.22. The molecule has 0 aromatic heterocycles. The lowest BCUT2D eigenvalue weighted by Gasteiger charge is -2.18. The van der Waals surface area contributed by atoms with Crippen molar-refractivity contribution in [2.75, 3.05) is 20.2 Å². The second-order valence-electron chi connectivity index (χ2n) is 5.33. The molecule has 92 valence electrons. The molecule has 0 aromatic rings. The fourth-order valence-corrected chi connectivity index (χ4v) is 3.19. The zero-order valence-corrected chi connectivity index (χ0v) is 10.2. The number of aliphatic hydroxyl groups is 1. The van der Waals surface area contributed by atoms with Crippen molar-refractivity contribution in [2.45, 2.75) is 38.5 Å². The van der Waals surface area contributed by atoms with Crippen molar-refractivity contribution in [1.82, 2.24) is 4.90 Å². The molecule has 0 aliphatic heterocycles. The lowest BCUT2D eigenvalue weighted by Crippen LogP contribution is -2.30. The van der Waals surface area contributed by atoms with Crippen molar-refractivity contribution < 1.29 is 9.90 Å². The number of hydrogen-bond donors (Lipinski definition) is 1. The van der Waals surface area contributed by atoms with Crippen molar-refractivity contribution in [3.8, 4) is 0 Å². The molecule has 16 heavy (non-hydrogen) atoms. The van der Waals surface area contributed by atoms with Gasteiger partial charge in [-0.05, 0) is 43.9 Å². The number of nitrogens with zero attached hydrogens (tertiary/aromatic N) is 1. The van der Waals surface area contributed by atoms with Crippen LogP contribution in [0.2, 0.25) is 0 Å². The van der Waals surface area contributed by atoms with Gasteiger partial charge < -0.3 is 10.0 Å².